The van der Waals surface area contributed by atoms with Gasteiger partial charge in [0.25, 0.3) is 0 Å². The summed E-state index contributed by atoms with van der Waals surface area (Å²) in [6, 6.07) is 12.9. The van der Waals surface area contributed by atoms with Gasteiger partial charge in [-0.1, -0.05) is 0 Å². The first-order chi connectivity index (χ1) is 17.2. The molecule has 8 nitrogen and oxygen atoms in total. The predicted octanol–water partition coefficient (Wildman–Crippen LogP) is 5.59. The Bertz CT molecular complexity index is 1380. The van der Waals surface area contributed by atoms with Crippen LogP contribution >= 0.6 is 0 Å². The SMILES string of the molecule is NCCNc1cnc2ccc(Oc3ccc(NC(=O)Nc4ccc(F)c(C(F)(F)F)c4)cc3)cc2n1. The Balaban J connectivity index is 1.39. The highest BCUT2D eigenvalue weighted by Gasteiger charge is 2.34. The molecule has 0 saturated carbocycles. The number of halogens is 4. The molecule has 0 aliphatic carbocycles. The van der Waals surface area contributed by atoms with Crippen LogP contribution in [0.1, 0.15) is 5.56 Å². The number of ether oxygens (including phenoxy) is 1. The van der Waals surface area contributed by atoms with Crippen LogP contribution in [0.5, 0.6) is 11.5 Å². The molecule has 1 aromatic heterocycles. The lowest BCUT2D eigenvalue weighted by atomic mass is 10.2. The summed E-state index contributed by atoms with van der Waals surface area (Å²) >= 11 is 0. The predicted molar refractivity (Wildman–Crippen MR) is 128 cm³/mol. The molecule has 3 aromatic carbocycles. The van der Waals surface area contributed by atoms with E-state index in [9.17, 15) is 22.4 Å². The van der Waals surface area contributed by atoms with Crippen molar-refractivity contribution in [1.29, 1.82) is 0 Å². The molecule has 0 atom stereocenters. The summed E-state index contributed by atoms with van der Waals surface area (Å²) in [4.78, 5) is 21.0. The summed E-state index contributed by atoms with van der Waals surface area (Å²) in [6.07, 6.45) is -3.26. The minimum atomic E-state index is -4.88. The Labute approximate surface area is 202 Å². The van der Waals surface area contributed by atoms with Crippen LogP contribution in [0.2, 0.25) is 0 Å². The topological polar surface area (TPSA) is 114 Å². The Morgan fingerprint density at radius 2 is 1.61 bits per heavy atom. The summed E-state index contributed by atoms with van der Waals surface area (Å²) < 4.78 is 57.8. The second-order valence-corrected chi connectivity index (χ2v) is 7.52. The lowest BCUT2D eigenvalue weighted by molar-refractivity contribution is -0.139. The van der Waals surface area contributed by atoms with E-state index in [1.165, 1.54) is 0 Å². The summed E-state index contributed by atoms with van der Waals surface area (Å²) in [5.74, 6) is 0.155. The zero-order valence-corrected chi connectivity index (χ0v) is 18.6. The lowest BCUT2D eigenvalue weighted by Gasteiger charge is -2.12. The quantitative estimate of drug-likeness (QED) is 0.246. The molecule has 0 aliphatic heterocycles. The number of urea groups is 1. The molecule has 0 aliphatic rings. The summed E-state index contributed by atoms with van der Waals surface area (Å²) in [6.45, 7) is 1.02. The molecule has 12 heteroatoms. The molecule has 4 rings (SSSR count). The Morgan fingerprint density at radius 3 is 2.33 bits per heavy atom. The van der Waals surface area contributed by atoms with Gasteiger partial charge in [0.15, 0.2) is 0 Å². The maximum absolute atomic E-state index is 13.4. The Hall–Kier alpha value is -4.45. The third-order valence-corrected chi connectivity index (χ3v) is 4.84. The third-order valence-electron chi connectivity index (χ3n) is 4.84. The van der Waals surface area contributed by atoms with Gasteiger partial charge in [0.1, 0.15) is 23.1 Å². The first kappa shape index (κ1) is 24.7. The Morgan fingerprint density at radius 1 is 0.917 bits per heavy atom. The van der Waals surface area contributed by atoms with Crippen molar-refractivity contribution in [3.05, 3.63) is 78.2 Å². The normalized spacial score (nSPS) is 11.2. The van der Waals surface area contributed by atoms with Gasteiger partial charge in [0, 0.05) is 30.5 Å². The number of nitrogens with one attached hydrogen (secondary N) is 3. The molecular formula is C24H20F4N6O2. The molecule has 0 radical (unpaired) electrons. The van der Waals surface area contributed by atoms with E-state index in [0.29, 0.717) is 59.3 Å². The van der Waals surface area contributed by atoms with Gasteiger partial charge in [0.05, 0.1) is 22.8 Å². The van der Waals surface area contributed by atoms with E-state index in [-0.39, 0.29) is 5.69 Å². The van der Waals surface area contributed by atoms with Crippen LogP contribution in [0, 0.1) is 5.82 Å². The smallest absolute Gasteiger partial charge is 0.419 e. The maximum atomic E-state index is 13.4. The highest BCUT2D eigenvalue weighted by Crippen LogP contribution is 2.33. The maximum Gasteiger partial charge on any atom is 0.419 e. The molecule has 0 bridgehead atoms. The molecule has 0 unspecified atom stereocenters. The number of carbonyl (C=O) groups excluding carboxylic acids is 1. The number of hydrogen-bond donors (Lipinski definition) is 4. The van der Waals surface area contributed by atoms with E-state index < -0.39 is 23.6 Å². The monoisotopic (exact) mass is 500 g/mol. The van der Waals surface area contributed by atoms with Crippen LogP contribution in [0.3, 0.4) is 0 Å². The van der Waals surface area contributed by atoms with Crippen LogP contribution < -0.4 is 26.4 Å². The van der Waals surface area contributed by atoms with Gasteiger partial charge in [-0.05, 0) is 54.6 Å². The second kappa shape index (κ2) is 10.4. The minimum absolute atomic E-state index is 0.207. The highest BCUT2D eigenvalue weighted by atomic mass is 19.4. The van der Waals surface area contributed by atoms with Gasteiger partial charge in [-0.3, -0.25) is 4.98 Å². The first-order valence-electron chi connectivity index (χ1n) is 10.6. The van der Waals surface area contributed by atoms with Crippen molar-refractivity contribution < 1.29 is 27.1 Å². The summed E-state index contributed by atoms with van der Waals surface area (Å²) in [5, 5.41) is 7.79. The standard InChI is InChI=1S/C24H20F4N6O2/c25-19-7-3-15(11-18(19)24(26,27)28)33-23(35)32-14-1-4-16(5-2-14)36-17-6-8-20-21(12-17)34-22(13-31-20)30-10-9-29/h1-8,11-13H,9-10,29H2,(H,30,34)(H2,32,33,35). The average molecular weight is 500 g/mol. The number of anilines is 3. The van der Waals surface area contributed by atoms with Crippen molar-refractivity contribution in [2.45, 2.75) is 6.18 Å². The average Bonchev–Trinajstić information content (AvgIpc) is 2.84. The minimum Gasteiger partial charge on any atom is -0.457 e. The molecule has 0 saturated heterocycles. The van der Waals surface area contributed by atoms with Gasteiger partial charge in [-0.15, -0.1) is 0 Å². The fourth-order valence-electron chi connectivity index (χ4n) is 3.20. The van der Waals surface area contributed by atoms with Crippen molar-refractivity contribution in [1.82, 2.24) is 9.97 Å². The van der Waals surface area contributed by atoms with Gasteiger partial charge in [-0.25, -0.2) is 14.2 Å². The van der Waals surface area contributed by atoms with Crippen LogP contribution in [-0.4, -0.2) is 29.1 Å². The molecule has 1 heterocycles. The van der Waals surface area contributed by atoms with E-state index >= 15 is 0 Å². The largest absolute Gasteiger partial charge is 0.457 e. The van der Waals surface area contributed by atoms with E-state index in [2.05, 4.69) is 25.9 Å². The molecule has 0 spiro atoms. The number of aromatic nitrogens is 2. The number of alkyl halides is 3. The number of fused-ring (bicyclic) bond motifs is 1. The number of benzene rings is 3. The van der Waals surface area contributed by atoms with Crippen LogP contribution in [-0.2, 0) is 6.18 Å². The fraction of sp³-hybridized carbons (Fsp3) is 0.125. The Kier molecular flexibility index (Phi) is 7.15. The second-order valence-electron chi connectivity index (χ2n) is 7.52. The number of hydrogen-bond acceptors (Lipinski definition) is 6. The third kappa shape index (κ3) is 6.16. The van der Waals surface area contributed by atoms with Gasteiger partial charge in [-0.2, -0.15) is 13.2 Å². The van der Waals surface area contributed by atoms with Crippen LogP contribution in [0.15, 0.2) is 66.9 Å². The summed E-state index contributed by atoms with van der Waals surface area (Å²) in [5.41, 5.74) is 5.49. The zero-order chi connectivity index (χ0) is 25.7. The highest BCUT2D eigenvalue weighted by molar-refractivity contribution is 5.99. The number of nitrogens with two attached hydrogens (primary N) is 1. The van der Waals surface area contributed by atoms with E-state index in [1.54, 1.807) is 48.7 Å². The molecular weight excluding hydrogens is 480 g/mol. The molecule has 4 aromatic rings. The molecule has 36 heavy (non-hydrogen) atoms. The first-order valence-corrected chi connectivity index (χ1v) is 10.6. The van der Waals surface area contributed by atoms with Crippen molar-refractivity contribution in [2.24, 2.45) is 5.73 Å². The van der Waals surface area contributed by atoms with E-state index in [1.807, 2.05) is 0 Å². The molecule has 5 N–H and O–H groups in total. The molecule has 0 fully saturated rings. The zero-order valence-electron chi connectivity index (χ0n) is 18.6. The van der Waals surface area contributed by atoms with Crippen molar-refractivity contribution in [3.63, 3.8) is 0 Å². The van der Waals surface area contributed by atoms with Crippen molar-refractivity contribution in [2.75, 3.05) is 29.0 Å². The van der Waals surface area contributed by atoms with E-state index in [0.717, 1.165) is 6.07 Å². The van der Waals surface area contributed by atoms with E-state index in [4.69, 9.17) is 10.5 Å². The van der Waals surface area contributed by atoms with Gasteiger partial charge >= 0.3 is 12.2 Å². The molecule has 2 amide bonds. The summed E-state index contributed by atoms with van der Waals surface area (Å²) in [7, 11) is 0. The van der Waals surface area contributed by atoms with Crippen molar-refractivity contribution >= 4 is 34.3 Å². The van der Waals surface area contributed by atoms with Crippen LogP contribution in [0.25, 0.3) is 11.0 Å². The number of carbonyl (C=O) groups is 1. The van der Waals surface area contributed by atoms with Crippen molar-refractivity contribution in [3.8, 4) is 11.5 Å². The lowest BCUT2D eigenvalue weighted by Crippen LogP contribution is -2.20. The van der Waals surface area contributed by atoms with Gasteiger partial charge in [0.2, 0.25) is 0 Å². The van der Waals surface area contributed by atoms with Crippen LogP contribution in [0.4, 0.5) is 39.5 Å². The molecule has 186 valence electrons. The number of nitrogens with zero attached hydrogens (tertiary/aromatic N) is 2. The van der Waals surface area contributed by atoms with Gasteiger partial charge < -0.3 is 26.4 Å². The number of rotatable bonds is 7. The number of amides is 2. The fourth-order valence-corrected chi connectivity index (χ4v) is 3.20.